The van der Waals surface area contributed by atoms with Crippen molar-refractivity contribution in [3.05, 3.63) is 36.0 Å². The molecule has 0 atom stereocenters. The third kappa shape index (κ3) is 1.64. The van der Waals surface area contributed by atoms with Gasteiger partial charge in [0.05, 0.1) is 17.5 Å². The summed E-state index contributed by atoms with van der Waals surface area (Å²) in [6.45, 7) is 2.04. The Morgan fingerprint density at radius 2 is 1.89 bits per heavy atom. The van der Waals surface area contributed by atoms with Gasteiger partial charge in [-0.15, -0.1) is 0 Å². The first-order valence-corrected chi connectivity index (χ1v) is 5.52. The van der Waals surface area contributed by atoms with E-state index >= 15 is 0 Å². The van der Waals surface area contributed by atoms with E-state index in [-0.39, 0.29) is 0 Å². The Bertz CT molecular complexity index is 650. The van der Waals surface area contributed by atoms with Crippen LogP contribution < -0.4 is 5.73 Å². The molecule has 0 spiro atoms. The zero-order valence-electron chi connectivity index (χ0n) is 9.81. The van der Waals surface area contributed by atoms with Gasteiger partial charge in [0.25, 0.3) is 0 Å². The first-order valence-electron chi connectivity index (χ1n) is 5.52. The Hall–Kier alpha value is -2.63. The second-order valence-corrected chi connectivity index (χ2v) is 4.08. The second kappa shape index (κ2) is 3.99. The van der Waals surface area contributed by atoms with Crippen molar-refractivity contribution in [2.75, 3.05) is 5.73 Å². The van der Waals surface area contributed by atoms with Crippen molar-refractivity contribution in [1.82, 2.24) is 25.6 Å². The molecule has 0 unspecified atom stereocenters. The van der Waals surface area contributed by atoms with Crippen molar-refractivity contribution < 1.29 is 0 Å². The van der Waals surface area contributed by atoms with Crippen molar-refractivity contribution in [3.8, 4) is 22.5 Å². The molecule has 4 N–H and O–H groups in total. The number of nitrogens with zero attached hydrogens (tertiary/aromatic N) is 3. The summed E-state index contributed by atoms with van der Waals surface area (Å²) in [7, 11) is 0. The van der Waals surface area contributed by atoms with Gasteiger partial charge < -0.3 is 5.73 Å². The Balaban J connectivity index is 2.17. The summed E-state index contributed by atoms with van der Waals surface area (Å²) < 4.78 is 0. The summed E-state index contributed by atoms with van der Waals surface area (Å²) in [5.74, 6) is 0.455. The van der Waals surface area contributed by atoms with Crippen molar-refractivity contribution in [2.24, 2.45) is 0 Å². The normalized spacial score (nSPS) is 10.7. The van der Waals surface area contributed by atoms with E-state index in [4.69, 9.17) is 5.73 Å². The molecular weight excluding hydrogens is 228 g/mol. The molecule has 0 aliphatic rings. The average molecular weight is 240 g/mol. The van der Waals surface area contributed by atoms with Gasteiger partial charge in [-0.2, -0.15) is 20.5 Å². The molecule has 0 aliphatic carbocycles. The van der Waals surface area contributed by atoms with Crippen LogP contribution in [-0.2, 0) is 0 Å². The molecule has 6 heteroatoms. The van der Waals surface area contributed by atoms with Crippen molar-refractivity contribution in [1.29, 1.82) is 0 Å². The Kier molecular flexibility index (Phi) is 2.33. The van der Waals surface area contributed by atoms with Gasteiger partial charge in [-0.05, 0) is 12.5 Å². The van der Waals surface area contributed by atoms with E-state index in [2.05, 4.69) is 25.6 Å². The van der Waals surface area contributed by atoms with Crippen LogP contribution >= 0.6 is 0 Å². The smallest absolute Gasteiger partial charge is 0.153 e. The third-order valence-electron chi connectivity index (χ3n) is 2.81. The largest absolute Gasteiger partial charge is 0.382 e. The van der Waals surface area contributed by atoms with Crippen LogP contribution in [0.2, 0.25) is 0 Å². The summed E-state index contributed by atoms with van der Waals surface area (Å²) in [6.07, 6.45) is 1.63. The minimum absolute atomic E-state index is 0.455. The number of H-pyrrole nitrogens is 2. The first-order chi connectivity index (χ1) is 8.75. The Morgan fingerprint density at radius 1 is 1.11 bits per heavy atom. The van der Waals surface area contributed by atoms with Crippen LogP contribution in [0.3, 0.4) is 0 Å². The van der Waals surface area contributed by atoms with E-state index in [0.717, 1.165) is 16.8 Å². The number of nitrogen functional groups attached to an aromatic ring is 1. The lowest BCUT2D eigenvalue weighted by molar-refractivity contribution is 0.940. The molecule has 0 aliphatic heterocycles. The van der Waals surface area contributed by atoms with Crippen LogP contribution in [0, 0.1) is 6.92 Å². The van der Waals surface area contributed by atoms with Crippen LogP contribution in [0.5, 0.6) is 0 Å². The Labute approximate surface area is 103 Å². The maximum Gasteiger partial charge on any atom is 0.153 e. The topological polar surface area (TPSA) is 96.3 Å². The molecule has 2 aromatic heterocycles. The number of anilines is 1. The standard InChI is InChI=1S/C12H12N6/c1-7-2-4-8(5-3-7)10-11(16-17-12(10)13)9-6-14-18-15-9/h2-6H,1H3,(H3,13,16,17)(H,14,15,18). The van der Waals surface area contributed by atoms with E-state index in [0.29, 0.717) is 11.5 Å². The highest BCUT2D eigenvalue weighted by molar-refractivity contribution is 5.86. The van der Waals surface area contributed by atoms with Gasteiger partial charge in [0.1, 0.15) is 5.69 Å². The monoisotopic (exact) mass is 240 g/mol. The molecule has 0 amide bonds. The van der Waals surface area contributed by atoms with Crippen molar-refractivity contribution in [3.63, 3.8) is 0 Å². The molecule has 18 heavy (non-hydrogen) atoms. The summed E-state index contributed by atoms with van der Waals surface area (Å²) in [5.41, 5.74) is 10.4. The molecule has 6 nitrogen and oxygen atoms in total. The minimum atomic E-state index is 0.455. The highest BCUT2D eigenvalue weighted by Crippen LogP contribution is 2.33. The van der Waals surface area contributed by atoms with Gasteiger partial charge >= 0.3 is 0 Å². The number of aromatic nitrogens is 5. The number of hydrogen-bond donors (Lipinski definition) is 3. The van der Waals surface area contributed by atoms with Gasteiger partial charge in [-0.25, -0.2) is 0 Å². The quantitative estimate of drug-likeness (QED) is 0.635. The van der Waals surface area contributed by atoms with Gasteiger partial charge in [0.15, 0.2) is 5.82 Å². The number of benzene rings is 1. The summed E-state index contributed by atoms with van der Waals surface area (Å²) >= 11 is 0. The SMILES string of the molecule is Cc1ccc(-c2c(N)n[nH]c2-c2cn[nH]n2)cc1. The molecule has 2 heterocycles. The summed E-state index contributed by atoms with van der Waals surface area (Å²) in [5, 5.41) is 17.3. The molecule has 1 aromatic carbocycles. The third-order valence-corrected chi connectivity index (χ3v) is 2.81. The van der Waals surface area contributed by atoms with E-state index < -0.39 is 0 Å². The van der Waals surface area contributed by atoms with Crippen LogP contribution in [0.1, 0.15) is 5.56 Å². The zero-order chi connectivity index (χ0) is 12.5. The van der Waals surface area contributed by atoms with Crippen molar-refractivity contribution >= 4 is 5.82 Å². The molecular formula is C12H12N6. The van der Waals surface area contributed by atoms with Crippen LogP contribution in [0.4, 0.5) is 5.82 Å². The van der Waals surface area contributed by atoms with Crippen LogP contribution in [0.15, 0.2) is 30.5 Å². The van der Waals surface area contributed by atoms with E-state index in [1.165, 1.54) is 5.56 Å². The molecule has 0 saturated carbocycles. The van der Waals surface area contributed by atoms with Crippen LogP contribution in [-0.4, -0.2) is 25.6 Å². The van der Waals surface area contributed by atoms with Gasteiger partial charge in [-0.1, -0.05) is 29.8 Å². The summed E-state index contributed by atoms with van der Waals surface area (Å²) in [6, 6.07) is 8.10. The second-order valence-electron chi connectivity index (χ2n) is 4.08. The van der Waals surface area contributed by atoms with Gasteiger partial charge in [0.2, 0.25) is 0 Å². The Morgan fingerprint density at radius 3 is 2.56 bits per heavy atom. The van der Waals surface area contributed by atoms with Gasteiger partial charge in [-0.3, -0.25) is 5.10 Å². The molecule has 0 saturated heterocycles. The molecule has 3 aromatic rings. The fourth-order valence-corrected chi connectivity index (χ4v) is 1.88. The number of nitrogens with one attached hydrogen (secondary N) is 2. The van der Waals surface area contributed by atoms with Gasteiger partial charge in [0, 0.05) is 0 Å². The number of aromatic amines is 2. The highest BCUT2D eigenvalue weighted by Gasteiger charge is 2.16. The predicted molar refractivity (Wildman–Crippen MR) is 68.5 cm³/mol. The van der Waals surface area contributed by atoms with E-state index in [9.17, 15) is 0 Å². The lowest BCUT2D eigenvalue weighted by atomic mass is 10.0. The lowest BCUT2D eigenvalue weighted by Crippen LogP contribution is -1.89. The average Bonchev–Trinajstić information content (AvgIpc) is 2.99. The maximum absolute atomic E-state index is 5.92. The molecule has 90 valence electrons. The van der Waals surface area contributed by atoms with Crippen LogP contribution in [0.25, 0.3) is 22.5 Å². The van der Waals surface area contributed by atoms with E-state index in [1.54, 1.807) is 6.20 Å². The number of aryl methyl sites for hydroxylation is 1. The zero-order valence-corrected chi connectivity index (χ0v) is 9.81. The summed E-state index contributed by atoms with van der Waals surface area (Å²) in [4.78, 5) is 0. The predicted octanol–water partition coefficient (Wildman–Crippen LogP) is 1.75. The molecule has 3 rings (SSSR count). The highest BCUT2D eigenvalue weighted by atomic mass is 15.3. The fraction of sp³-hybridized carbons (Fsp3) is 0.0833. The fourth-order valence-electron chi connectivity index (χ4n) is 1.88. The van der Waals surface area contributed by atoms with E-state index in [1.807, 2.05) is 31.2 Å². The number of nitrogens with two attached hydrogens (primary N) is 1. The first kappa shape index (κ1) is 10.5. The van der Waals surface area contributed by atoms with Crippen molar-refractivity contribution in [2.45, 2.75) is 6.92 Å². The minimum Gasteiger partial charge on any atom is -0.382 e. The molecule has 0 fully saturated rings. The number of rotatable bonds is 2. The lowest BCUT2D eigenvalue weighted by Gasteiger charge is -2.02. The molecule has 0 bridgehead atoms. The maximum atomic E-state index is 5.92. The number of hydrogen-bond acceptors (Lipinski definition) is 4. The molecule has 0 radical (unpaired) electrons.